The van der Waals surface area contributed by atoms with Gasteiger partial charge in [-0.15, -0.1) is 0 Å². The zero-order valence-electron chi connectivity index (χ0n) is 6.97. The lowest BCUT2D eigenvalue weighted by atomic mass is 10.0. The molecule has 1 atom stereocenters. The van der Waals surface area contributed by atoms with Gasteiger partial charge in [-0.3, -0.25) is 4.79 Å². The van der Waals surface area contributed by atoms with E-state index in [1.165, 1.54) is 12.8 Å². The van der Waals surface area contributed by atoms with Gasteiger partial charge in [-0.05, 0) is 19.3 Å². The molecule has 62 valence electrons. The molecule has 1 rings (SSSR count). The lowest BCUT2D eigenvalue weighted by Crippen LogP contribution is -2.33. The second-order valence-electron chi connectivity index (χ2n) is 2.89. The molecule has 0 aromatic rings. The maximum atomic E-state index is 10.9. The van der Waals surface area contributed by atoms with Crippen molar-refractivity contribution in [1.29, 1.82) is 0 Å². The van der Waals surface area contributed by atoms with Gasteiger partial charge in [-0.1, -0.05) is 19.1 Å². The molecule has 0 aliphatic heterocycles. The van der Waals surface area contributed by atoms with E-state index in [1.54, 1.807) is 0 Å². The Morgan fingerprint density at radius 1 is 1.73 bits per heavy atom. The number of allylic oxidation sites excluding steroid dienone is 1. The minimum atomic E-state index is 0.154. The maximum Gasteiger partial charge on any atom is 0.220 e. The van der Waals surface area contributed by atoms with Crippen LogP contribution in [0, 0.1) is 0 Å². The Kier molecular flexibility index (Phi) is 3.14. The second-order valence-corrected chi connectivity index (χ2v) is 2.89. The highest BCUT2D eigenvalue weighted by Crippen LogP contribution is 2.09. The summed E-state index contributed by atoms with van der Waals surface area (Å²) in [6.07, 6.45) is 8.29. The molecular weight excluding hydrogens is 138 g/mol. The first kappa shape index (κ1) is 8.31. The number of rotatable bonds is 2. The average molecular weight is 153 g/mol. The molecule has 0 heterocycles. The predicted molar refractivity (Wildman–Crippen MR) is 45.2 cm³/mol. The Balaban J connectivity index is 2.30. The van der Waals surface area contributed by atoms with Crippen molar-refractivity contribution >= 4 is 5.91 Å². The van der Waals surface area contributed by atoms with E-state index < -0.39 is 0 Å². The van der Waals surface area contributed by atoms with Gasteiger partial charge in [0.15, 0.2) is 0 Å². The summed E-state index contributed by atoms with van der Waals surface area (Å²) in [7, 11) is 0. The van der Waals surface area contributed by atoms with Crippen LogP contribution in [0.4, 0.5) is 0 Å². The Morgan fingerprint density at radius 2 is 2.55 bits per heavy atom. The minimum Gasteiger partial charge on any atom is -0.350 e. The second kappa shape index (κ2) is 4.16. The smallest absolute Gasteiger partial charge is 0.220 e. The molecule has 2 heteroatoms. The zero-order valence-corrected chi connectivity index (χ0v) is 6.97. The molecule has 1 amide bonds. The van der Waals surface area contributed by atoms with Gasteiger partial charge in [0, 0.05) is 12.5 Å². The number of hydrogen-bond acceptors (Lipinski definition) is 1. The van der Waals surface area contributed by atoms with Crippen LogP contribution in [0.2, 0.25) is 0 Å². The SMILES string of the molecule is CCC(=O)NC1C=CCCC1. The van der Waals surface area contributed by atoms with Crippen molar-refractivity contribution in [3.05, 3.63) is 12.2 Å². The molecule has 0 fully saturated rings. The summed E-state index contributed by atoms with van der Waals surface area (Å²) < 4.78 is 0. The normalized spacial score (nSPS) is 23.2. The number of hydrogen-bond donors (Lipinski definition) is 1. The molecule has 0 spiro atoms. The number of nitrogens with one attached hydrogen (secondary N) is 1. The largest absolute Gasteiger partial charge is 0.350 e. The molecule has 1 N–H and O–H groups in total. The van der Waals surface area contributed by atoms with Crippen molar-refractivity contribution in [1.82, 2.24) is 5.32 Å². The highest BCUT2D eigenvalue weighted by molar-refractivity contribution is 5.76. The molecule has 0 aromatic heterocycles. The fourth-order valence-electron chi connectivity index (χ4n) is 1.24. The van der Waals surface area contributed by atoms with E-state index in [0.717, 1.165) is 6.42 Å². The van der Waals surface area contributed by atoms with E-state index in [1.807, 2.05) is 6.92 Å². The summed E-state index contributed by atoms with van der Waals surface area (Å²) in [6.45, 7) is 1.88. The molecule has 0 saturated heterocycles. The van der Waals surface area contributed by atoms with Crippen LogP contribution in [0.1, 0.15) is 32.6 Å². The summed E-state index contributed by atoms with van der Waals surface area (Å²) in [5.41, 5.74) is 0. The molecule has 11 heavy (non-hydrogen) atoms. The average Bonchev–Trinajstić information content (AvgIpc) is 2.06. The number of carbonyl (C=O) groups is 1. The van der Waals surface area contributed by atoms with Crippen molar-refractivity contribution in [3.8, 4) is 0 Å². The van der Waals surface area contributed by atoms with Gasteiger partial charge in [-0.2, -0.15) is 0 Å². The third-order valence-corrected chi connectivity index (χ3v) is 1.92. The van der Waals surface area contributed by atoms with Crippen molar-refractivity contribution in [2.24, 2.45) is 0 Å². The Bertz CT molecular complexity index is 163. The van der Waals surface area contributed by atoms with Gasteiger partial charge in [0.2, 0.25) is 5.91 Å². The van der Waals surface area contributed by atoms with Crippen LogP contribution in [0.3, 0.4) is 0 Å². The molecule has 2 nitrogen and oxygen atoms in total. The third-order valence-electron chi connectivity index (χ3n) is 1.92. The van der Waals surface area contributed by atoms with Crippen LogP contribution in [0.5, 0.6) is 0 Å². The third kappa shape index (κ3) is 2.74. The first-order valence-electron chi connectivity index (χ1n) is 4.29. The van der Waals surface area contributed by atoms with Gasteiger partial charge < -0.3 is 5.32 Å². The molecule has 0 aromatic carbocycles. The van der Waals surface area contributed by atoms with Crippen molar-refractivity contribution in [3.63, 3.8) is 0 Å². The standard InChI is InChI=1S/C9H15NO/c1-2-9(11)10-8-6-4-3-5-7-8/h4,6,8H,2-3,5,7H2,1H3,(H,10,11). The fourth-order valence-corrected chi connectivity index (χ4v) is 1.24. The van der Waals surface area contributed by atoms with E-state index in [-0.39, 0.29) is 5.91 Å². The summed E-state index contributed by atoms with van der Waals surface area (Å²) in [5.74, 6) is 0.154. The Labute approximate surface area is 67.7 Å². The monoisotopic (exact) mass is 153 g/mol. The quantitative estimate of drug-likeness (QED) is 0.600. The van der Waals surface area contributed by atoms with Gasteiger partial charge >= 0.3 is 0 Å². The molecule has 0 saturated carbocycles. The topological polar surface area (TPSA) is 29.1 Å². The highest BCUT2D eigenvalue weighted by Gasteiger charge is 2.09. The van der Waals surface area contributed by atoms with Gasteiger partial charge in [-0.25, -0.2) is 0 Å². The summed E-state index contributed by atoms with van der Waals surface area (Å²) in [6, 6.07) is 0.302. The minimum absolute atomic E-state index is 0.154. The van der Waals surface area contributed by atoms with Crippen molar-refractivity contribution < 1.29 is 4.79 Å². The van der Waals surface area contributed by atoms with Gasteiger partial charge in [0.25, 0.3) is 0 Å². The van der Waals surface area contributed by atoms with E-state index in [2.05, 4.69) is 17.5 Å². The van der Waals surface area contributed by atoms with Gasteiger partial charge in [0.1, 0.15) is 0 Å². The molecule has 0 bridgehead atoms. The lowest BCUT2D eigenvalue weighted by molar-refractivity contribution is -0.121. The summed E-state index contributed by atoms with van der Waals surface area (Å²) in [4.78, 5) is 10.9. The number of amides is 1. The van der Waals surface area contributed by atoms with Crippen LogP contribution in [0.25, 0.3) is 0 Å². The molecule has 0 radical (unpaired) electrons. The van der Waals surface area contributed by atoms with E-state index in [0.29, 0.717) is 12.5 Å². The van der Waals surface area contributed by atoms with Crippen LogP contribution in [-0.4, -0.2) is 11.9 Å². The van der Waals surface area contributed by atoms with Crippen LogP contribution >= 0.6 is 0 Å². The number of carbonyl (C=O) groups excluding carboxylic acids is 1. The summed E-state index contributed by atoms with van der Waals surface area (Å²) >= 11 is 0. The summed E-state index contributed by atoms with van der Waals surface area (Å²) in [5, 5.41) is 2.94. The van der Waals surface area contributed by atoms with Crippen LogP contribution < -0.4 is 5.32 Å². The van der Waals surface area contributed by atoms with Crippen molar-refractivity contribution in [2.45, 2.75) is 38.6 Å². The van der Waals surface area contributed by atoms with Crippen LogP contribution in [-0.2, 0) is 4.79 Å². The Morgan fingerprint density at radius 3 is 3.09 bits per heavy atom. The van der Waals surface area contributed by atoms with Crippen LogP contribution in [0.15, 0.2) is 12.2 Å². The maximum absolute atomic E-state index is 10.9. The fraction of sp³-hybridized carbons (Fsp3) is 0.667. The van der Waals surface area contributed by atoms with E-state index in [4.69, 9.17) is 0 Å². The van der Waals surface area contributed by atoms with Crippen molar-refractivity contribution in [2.75, 3.05) is 0 Å². The van der Waals surface area contributed by atoms with E-state index >= 15 is 0 Å². The first-order chi connectivity index (χ1) is 5.33. The van der Waals surface area contributed by atoms with E-state index in [9.17, 15) is 4.79 Å². The molecular formula is C9H15NO. The molecule has 1 aliphatic rings. The Hall–Kier alpha value is -0.790. The zero-order chi connectivity index (χ0) is 8.10. The highest BCUT2D eigenvalue weighted by atomic mass is 16.1. The first-order valence-corrected chi connectivity index (χ1v) is 4.29. The lowest BCUT2D eigenvalue weighted by Gasteiger charge is -2.17. The molecule has 1 aliphatic carbocycles. The van der Waals surface area contributed by atoms with Gasteiger partial charge in [0.05, 0.1) is 0 Å². The molecule has 1 unspecified atom stereocenters. The predicted octanol–water partition coefficient (Wildman–Crippen LogP) is 1.62.